The van der Waals surface area contributed by atoms with Crippen LogP contribution in [0.25, 0.3) is 0 Å². The number of nitrogens with zero attached hydrogens (tertiary/aromatic N) is 2. The van der Waals surface area contributed by atoms with Gasteiger partial charge >= 0.3 is 0 Å². The van der Waals surface area contributed by atoms with E-state index in [1.165, 1.54) is 10.5 Å². The number of hydrogen-bond donors (Lipinski definition) is 1. The number of aryl methyl sites for hydroxylation is 2. The minimum atomic E-state index is 0.155. The predicted molar refractivity (Wildman–Crippen MR) is 83.6 cm³/mol. The maximum atomic E-state index is 5.93. The van der Waals surface area contributed by atoms with Gasteiger partial charge in [-0.15, -0.1) is 0 Å². The zero-order chi connectivity index (χ0) is 14.0. The fraction of sp³-hybridized carbons (Fsp3) is 0.357. The standard InChI is InChI=1S/C14H18BrN3S/c1-9(16)6-11-8-12(15)4-5-13(11)19-14-7-10(2)17-18(14)3/h4-5,7-9H,6,16H2,1-3H3. The molecule has 2 rings (SSSR count). The van der Waals surface area contributed by atoms with Gasteiger partial charge in [0.05, 0.1) is 10.7 Å². The van der Waals surface area contributed by atoms with Crippen LogP contribution >= 0.6 is 27.7 Å². The average molecular weight is 340 g/mol. The maximum absolute atomic E-state index is 5.93. The van der Waals surface area contributed by atoms with Gasteiger partial charge in [0.25, 0.3) is 0 Å². The van der Waals surface area contributed by atoms with E-state index in [0.29, 0.717) is 0 Å². The molecule has 3 nitrogen and oxygen atoms in total. The Balaban J connectivity index is 2.31. The quantitative estimate of drug-likeness (QED) is 0.926. The molecule has 0 fully saturated rings. The third kappa shape index (κ3) is 3.84. The van der Waals surface area contributed by atoms with Crippen LogP contribution < -0.4 is 5.73 Å². The zero-order valence-corrected chi connectivity index (χ0v) is 13.8. The molecular weight excluding hydrogens is 322 g/mol. The van der Waals surface area contributed by atoms with E-state index in [1.807, 2.05) is 25.6 Å². The van der Waals surface area contributed by atoms with Crippen molar-refractivity contribution in [3.05, 3.63) is 40.0 Å². The van der Waals surface area contributed by atoms with Crippen molar-refractivity contribution in [2.45, 2.75) is 36.2 Å². The van der Waals surface area contributed by atoms with Crippen LogP contribution in [-0.4, -0.2) is 15.8 Å². The summed E-state index contributed by atoms with van der Waals surface area (Å²) in [5, 5.41) is 5.52. The van der Waals surface area contributed by atoms with Gasteiger partial charge in [0, 0.05) is 22.5 Å². The number of aromatic nitrogens is 2. The van der Waals surface area contributed by atoms with Gasteiger partial charge in [0.1, 0.15) is 0 Å². The van der Waals surface area contributed by atoms with E-state index in [4.69, 9.17) is 5.73 Å². The van der Waals surface area contributed by atoms with Crippen LogP contribution in [0.5, 0.6) is 0 Å². The summed E-state index contributed by atoms with van der Waals surface area (Å²) in [5.41, 5.74) is 8.24. The molecule has 0 radical (unpaired) electrons. The molecule has 19 heavy (non-hydrogen) atoms. The first-order valence-corrected chi connectivity index (χ1v) is 7.79. The SMILES string of the molecule is Cc1cc(Sc2ccc(Br)cc2CC(C)N)n(C)n1. The van der Waals surface area contributed by atoms with E-state index in [2.05, 4.69) is 45.3 Å². The van der Waals surface area contributed by atoms with E-state index < -0.39 is 0 Å². The molecule has 1 heterocycles. The van der Waals surface area contributed by atoms with Crippen molar-refractivity contribution in [3.63, 3.8) is 0 Å². The number of rotatable bonds is 4. The van der Waals surface area contributed by atoms with E-state index >= 15 is 0 Å². The van der Waals surface area contributed by atoms with Crippen molar-refractivity contribution < 1.29 is 0 Å². The van der Waals surface area contributed by atoms with Crippen molar-refractivity contribution >= 4 is 27.7 Å². The number of hydrogen-bond acceptors (Lipinski definition) is 3. The highest BCUT2D eigenvalue weighted by Gasteiger charge is 2.10. The fourth-order valence-corrected chi connectivity index (χ4v) is 3.39. The van der Waals surface area contributed by atoms with Gasteiger partial charge in [-0.1, -0.05) is 27.7 Å². The first kappa shape index (κ1) is 14.6. The Morgan fingerprint density at radius 2 is 2.16 bits per heavy atom. The summed E-state index contributed by atoms with van der Waals surface area (Å²) in [6, 6.07) is 8.60. The monoisotopic (exact) mass is 339 g/mol. The Hall–Kier alpha value is -0.780. The molecule has 0 saturated heterocycles. The summed E-state index contributed by atoms with van der Waals surface area (Å²) >= 11 is 5.26. The highest BCUT2D eigenvalue weighted by Crippen LogP contribution is 2.32. The van der Waals surface area contributed by atoms with Gasteiger partial charge in [0.2, 0.25) is 0 Å². The molecule has 0 spiro atoms. The Kier molecular flexibility index (Phi) is 4.71. The summed E-state index contributed by atoms with van der Waals surface area (Å²) in [5.74, 6) is 0. The second-order valence-corrected chi connectivity index (χ2v) is 6.76. The van der Waals surface area contributed by atoms with E-state index in [1.54, 1.807) is 11.8 Å². The molecule has 0 saturated carbocycles. The van der Waals surface area contributed by atoms with Crippen molar-refractivity contribution in [2.24, 2.45) is 12.8 Å². The molecular formula is C14H18BrN3S. The molecule has 5 heteroatoms. The summed E-state index contributed by atoms with van der Waals surface area (Å²) in [7, 11) is 1.97. The summed E-state index contributed by atoms with van der Waals surface area (Å²) in [6.45, 7) is 4.04. The highest BCUT2D eigenvalue weighted by molar-refractivity contribution is 9.10. The third-order valence-electron chi connectivity index (χ3n) is 2.74. The van der Waals surface area contributed by atoms with Gasteiger partial charge in [-0.2, -0.15) is 5.10 Å². The predicted octanol–water partition coefficient (Wildman–Crippen LogP) is 3.53. The Bertz CT molecular complexity index is 578. The molecule has 0 aliphatic carbocycles. The topological polar surface area (TPSA) is 43.8 Å². The van der Waals surface area contributed by atoms with Gasteiger partial charge in [0.15, 0.2) is 0 Å². The van der Waals surface area contributed by atoms with Crippen molar-refractivity contribution in [1.82, 2.24) is 9.78 Å². The molecule has 0 aliphatic rings. The van der Waals surface area contributed by atoms with Crippen LogP contribution in [0.15, 0.2) is 38.7 Å². The minimum Gasteiger partial charge on any atom is -0.328 e. The van der Waals surface area contributed by atoms with Crippen molar-refractivity contribution in [3.8, 4) is 0 Å². The molecule has 2 N–H and O–H groups in total. The normalized spacial score (nSPS) is 12.7. The van der Waals surface area contributed by atoms with Crippen LogP contribution in [-0.2, 0) is 13.5 Å². The zero-order valence-electron chi connectivity index (χ0n) is 11.4. The lowest BCUT2D eigenvalue weighted by Crippen LogP contribution is -2.18. The van der Waals surface area contributed by atoms with Crippen LogP contribution in [0.2, 0.25) is 0 Å². The van der Waals surface area contributed by atoms with Crippen LogP contribution in [0, 0.1) is 6.92 Å². The lowest BCUT2D eigenvalue weighted by atomic mass is 10.1. The lowest BCUT2D eigenvalue weighted by molar-refractivity contribution is 0.691. The van der Waals surface area contributed by atoms with Crippen LogP contribution in [0.4, 0.5) is 0 Å². The summed E-state index contributed by atoms with van der Waals surface area (Å²) in [6.07, 6.45) is 0.874. The lowest BCUT2D eigenvalue weighted by Gasteiger charge is -2.12. The van der Waals surface area contributed by atoms with Crippen LogP contribution in [0.3, 0.4) is 0 Å². The van der Waals surface area contributed by atoms with Gasteiger partial charge in [-0.25, -0.2) is 0 Å². The molecule has 0 aliphatic heterocycles. The summed E-state index contributed by atoms with van der Waals surface area (Å²) < 4.78 is 3.01. The number of benzene rings is 1. The first-order valence-electron chi connectivity index (χ1n) is 6.18. The number of nitrogens with two attached hydrogens (primary N) is 1. The third-order valence-corrected chi connectivity index (χ3v) is 4.44. The minimum absolute atomic E-state index is 0.155. The first-order chi connectivity index (χ1) is 8.95. The molecule has 0 amide bonds. The van der Waals surface area contributed by atoms with Crippen LogP contribution in [0.1, 0.15) is 18.2 Å². The van der Waals surface area contributed by atoms with Crippen molar-refractivity contribution in [1.29, 1.82) is 0 Å². The molecule has 1 aromatic carbocycles. The van der Waals surface area contributed by atoms with Crippen molar-refractivity contribution in [2.75, 3.05) is 0 Å². The molecule has 1 unspecified atom stereocenters. The Morgan fingerprint density at radius 3 is 2.74 bits per heavy atom. The van der Waals surface area contributed by atoms with E-state index in [-0.39, 0.29) is 6.04 Å². The largest absolute Gasteiger partial charge is 0.328 e. The number of halogens is 1. The molecule has 0 bridgehead atoms. The molecule has 1 aromatic heterocycles. The maximum Gasteiger partial charge on any atom is 0.0987 e. The highest BCUT2D eigenvalue weighted by atomic mass is 79.9. The van der Waals surface area contributed by atoms with Gasteiger partial charge in [-0.05, 0) is 50.1 Å². The smallest absolute Gasteiger partial charge is 0.0987 e. The Labute approximate surface area is 126 Å². The second-order valence-electron chi connectivity index (χ2n) is 4.78. The van der Waals surface area contributed by atoms with Gasteiger partial charge < -0.3 is 5.73 Å². The Morgan fingerprint density at radius 1 is 1.42 bits per heavy atom. The molecule has 102 valence electrons. The molecule has 1 atom stereocenters. The average Bonchev–Trinajstić information content (AvgIpc) is 2.60. The second kappa shape index (κ2) is 6.11. The van der Waals surface area contributed by atoms with Gasteiger partial charge in [-0.3, -0.25) is 4.68 Å². The van der Waals surface area contributed by atoms with E-state index in [0.717, 1.165) is 21.6 Å². The fourth-order valence-electron chi connectivity index (χ4n) is 1.95. The van der Waals surface area contributed by atoms with E-state index in [9.17, 15) is 0 Å². The molecule has 2 aromatic rings. The summed E-state index contributed by atoms with van der Waals surface area (Å²) in [4.78, 5) is 1.24.